The molecule has 5 heteroatoms. The van der Waals surface area contributed by atoms with E-state index in [1.54, 1.807) is 39.5 Å². The monoisotopic (exact) mass is 369 g/mol. The average Bonchev–Trinajstić information content (AvgIpc) is 2.71. The fourth-order valence-corrected chi connectivity index (χ4v) is 2.68. The van der Waals surface area contributed by atoms with Gasteiger partial charge in [0.15, 0.2) is 11.5 Å². The normalized spacial score (nSPS) is 11.9. The first-order valence-electron chi connectivity index (χ1n) is 8.91. The SMILES string of the molecule is CC[C@@H](C)c1ccc(NC(=O)/C=C/c2cc(OC)c(OC)c(OC)c2)cc1. The molecule has 1 N–H and O–H groups in total. The highest BCUT2D eigenvalue weighted by Crippen LogP contribution is 2.38. The summed E-state index contributed by atoms with van der Waals surface area (Å²) in [6, 6.07) is 11.5. The molecule has 2 rings (SSSR count). The van der Waals surface area contributed by atoms with Gasteiger partial charge in [-0.1, -0.05) is 26.0 Å². The van der Waals surface area contributed by atoms with E-state index in [9.17, 15) is 4.79 Å². The van der Waals surface area contributed by atoms with E-state index in [4.69, 9.17) is 14.2 Å². The van der Waals surface area contributed by atoms with Gasteiger partial charge in [0, 0.05) is 11.8 Å². The predicted molar refractivity (Wildman–Crippen MR) is 109 cm³/mol. The lowest BCUT2D eigenvalue weighted by Crippen LogP contribution is -2.07. The molecule has 144 valence electrons. The molecular formula is C22H27NO4. The minimum Gasteiger partial charge on any atom is -0.493 e. The smallest absolute Gasteiger partial charge is 0.248 e. The molecule has 1 atom stereocenters. The Kier molecular flexibility index (Phi) is 7.29. The van der Waals surface area contributed by atoms with Crippen LogP contribution in [0.1, 0.15) is 37.3 Å². The van der Waals surface area contributed by atoms with Crippen molar-refractivity contribution in [3.63, 3.8) is 0 Å². The fraction of sp³-hybridized carbons (Fsp3) is 0.318. The van der Waals surface area contributed by atoms with Crippen molar-refractivity contribution in [1.29, 1.82) is 0 Å². The number of ether oxygens (including phenoxy) is 3. The number of amides is 1. The predicted octanol–water partition coefficient (Wildman–Crippen LogP) is 4.88. The molecule has 0 bridgehead atoms. The van der Waals surface area contributed by atoms with Crippen LogP contribution in [-0.4, -0.2) is 27.2 Å². The summed E-state index contributed by atoms with van der Waals surface area (Å²) in [6.45, 7) is 4.35. The highest BCUT2D eigenvalue weighted by Gasteiger charge is 2.12. The van der Waals surface area contributed by atoms with Crippen LogP contribution in [0.15, 0.2) is 42.5 Å². The lowest BCUT2D eigenvalue weighted by molar-refractivity contribution is -0.111. The van der Waals surface area contributed by atoms with Crippen LogP contribution in [0.2, 0.25) is 0 Å². The topological polar surface area (TPSA) is 56.8 Å². The summed E-state index contributed by atoms with van der Waals surface area (Å²) in [5.41, 5.74) is 2.80. The number of anilines is 1. The Morgan fingerprint density at radius 1 is 1.04 bits per heavy atom. The summed E-state index contributed by atoms with van der Waals surface area (Å²) in [7, 11) is 4.66. The summed E-state index contributed by atoms with van der Waals surface area (Å²) < 4.78 is 15.9. The van der Waals surface area contributed by atoms with E-state index in [-0.39, 0.29) is 5.91 Å². The molecule has 0 spiro atoms. The Hall–Kier alpha value is -2.95. The van der Waals surface area contributed by atoms with Crippen LogP contribution in [0.4, 0.5) is 5.69 Å². The average molecular weight is 369 g/mol. The summed E-state index contributed by atoms with van der Waals surface area (Å²) >= 11 is 0. The van der Waals surface area contributed by atoms with Crippen LogP contribution < -0.4 is 19.5 Å². The first-order chi connectivity index (χ1) is 13.0. The van der Waals surface area contributed by atoms with Crippen molar-refractivity contribution in [3.05, 3.63) is 53.6 Å². The Balaban J connectivity index is 2.10. The zero-order valence-corrected chi connectivity index (χ0v) is 16.5. The molecule has 0 unspecified atom stereocenters. The van der Waals surface area contributed by atoms with Crippen molar-refractivity contribution >= 4 is 17.7 Å². The second-order valence-corrected chi connectivity index (χ2v) is 6.21. The highest BCUT2D eigenvalue weighted by molar-refractivity contribution is 6.02. The molecule has 0 saturated heterocycles. The van der Waals surface area contributed by atoms with Gasteiger partial charge in [0.2, 0.25) is 11.7 Å². The summed E-state index contributed by atoms with van der Waals surface area (Å²) in [5, 5.41) is 2.86. The van der Waals surface area contributed by atoms with Gasteiger partial charge < -0.3 is 19.5 Å². The minimum atomic E-state index is -0.208. The van der Waals surface area contributed by atoms with Crippen LogP contribution >= 0.6 is 0 Å². The number of hydrogen-bond acceptors (Lipinski definition) is 4. The molecular weight excluding hydrogens is 342 g/mol. The molecule has 0 aliphatic heterocycles. The van der Waals surface area contributed by atoms with Gasteiger partial charge in [0.05, 0.1) is 21.3 Å². The minimum absolute atomic E-state index is 0.208. The summed E-state index contributed by atoms with van der Waals surface area (Å²) in [4.78, 5) is 12.2. The molecule has 0 saturated carbocycles. The second-order valence-electron chi connectivity index (χ2n) is 6.21. The van der Waals surface area contributed by atoms with Gasteiger partial charge in [-0.15, -0.1) is 0 Å². The van der Waals surface area contributed by atoms with Crippen molar-refractivity contribution in [3.8, 4) is 17.2 Å². The lowest BCUT2D eigenvalue weighted by atomic mass is 9.99. The van der Waals surface area contributed by atoms with E-state index < -0.39 is 0 Å². The number of nitrogens with one attached hydrogen (secondary N) is 1. The van der Waals surface area contributed by atoms with E-state index in [1.165, 1.54) is 11.6 Å². The zero-order chi connectivity index (χ0) is 19.8. The summed E-state index contributed by atoms with van der Waals surface area (Å²) in [6.07, 6.45) is 4.26. The third kappa shape index (κ3) is 5.26. The van der Waals surface area contributed by atoms with Crippen molar-refractivity contribution in [1.82, 2.24) is 0 Å². The molecule has 2 aromatic rings. The Bertz CT molecular complexity index is 771. The van der Waals surface area contributed by atoms with Crippen LogP contribution in [-0.2, 0) is 4.79 Å². The van der Waals surface area contributed by atoms with Gasteiger partial charge in [-0.05, 0) is 53.8 Å². The Morgan fingerprint density at radius 2 is 1.63 bits per heavy atom. The molecule has 1 amide bonds. The largest absolute Gasteiger partial charge is 0.493 e. The van der Waals surface area contributed by atoms with Gasteiger partial charge in [0.1, 0.15) is 0 Å². The first kappa shape index (κ1) is 20.4. The summed E-state index contributed by atoms with van der Waals surface area (Å²) in [5.74, 6) is 1.90. The Morgan fingerprint density at radius 3 is 2.11 bits per heavy atom. The number of hydrogen-bond donors (Lipinski definition) is 1. The first-order valence-corrected chi connectivity index (χ1v) is 8.91. The molecule has 0 aliphatic carbocycles. The van der Waals surface area contributed by atoms with E-state index in [0.717, 1.165) is 17.7 Å². The third-order valence-electron chi connectivity index (χ3n) is 4.47. The van der Waals surface area contributed by atoms with Crippen LogP contribution in [0, 0.1) is 0 Å². The zero-order valence-electron chi connectivity index (χ0n) is 16.5. The molecule has 0 fully saturated rings. The van der Waals surface area contributed by atoms with E-state index >= 15 is 0 Å². The molecule has 0 heterocycles. The van der Waals surface area contributed by atoms with E-state index in [2.05, 4.69) is 19.2 Å². The van der Waals surface area contributed by atoms with Crippen molar-refractivity contribution in [2.24, 2.45) is 0 Å². The van der Waals surface area contributed by atoms with Crippen LogP contribution in [0.3, 0.4) is 0 Å². The van der Waals surface area contributed by atoms with Crippen LogP contribution in [0.25, 0.3) is 6.08 Å². The fourth-order valence-electron chi connectivity index (χ4n) is 2.68. The third-order valence-corrected chi connectivity index (χ3v) is 4.47. The van der Waals surface area contributed by atoms with Gasteiger partial charge in [0.25, 0.3) is 0 Å². The molecule has 2 aromatic carbocycles. The number of carbonyl (C=O) groups is 1. The van der Waals surface area contributed by atoms with Crippen molar-refractivity contribution in [2.45, 2.75) is 26.2 Å². The number of benzene rings is 2. The van der Waals surface area contributed by atoms with Crippen molar-refractivity contribution in [2.75, 3.05) is 26.6 Å². The van der Waals surface area contributed by atoms with Crippen LogP contribution in [0.5, 0.6) is 17.2 Å². The Labute approximate surface area is 161 Å². The maximum absolute atomic E-state index is 12.2. The maximum atomic E-state index is 12.2. The molecule has 0 aliphatic rings. The van der Waals surface area contributed by atoms with Crippen molar-refractivity contribution < 1.29 is 19.0 Å². The van der Waals surface area contributed by atoms with E-state index in [1.807, 2.05) is 24.3 Å². The quantitative estimate of drug-likeness (QED) is 0.674. The molecule has 0 radical (unpaired) electrons. The maximum Gasteiger partial charge on any atom is 0.248 e. The molecule has 5 nitrogen and oxygen atoms in total. The van der Waals surface area contributed by atoms with E-state index in [0.29, 0.717) is 23.2 Å². The van der Waals surface area contributed by atoms with Gasteiger partial charge in [-0.25, -0.2) is 0 Å². The van der Waals surface area contributed by atoms with Gasteiger partial charge in [-0.3, -0.25) is 4.79 Å². The number of rotatable bonds is 8. The number of methoxy groups -OCH3 is 3. The lowest BCUT2D eigenvalue weighted by Gasteiger charge is -2.12. The standard InChI is InChI=1S/C22H27NO4/c1-6-15(2)17-8-10-18(11-9-17)23-21(24)12-7-16-13-19(25-3)22(27-5)20(14-16)26-4/h7-15H,6H2,1-5H3,(H,23,24)/b12-7+/t15-/m1/s1. The molecule has 27 heavy (non-hydrogen) atoms. The number of carbonyl (C=O) groups excluding carboxylic acids is 1. The van der Waals surface area contributed by atoms with Gasteiger partial charge >= 0.3 is 0 Å². The second kappa shape index (κ2) is 9.67. The molecule has 0 aromatic heterocycles. The van der Waals surface area contributed by atoms with Gasteiger partial charge in [-0.2, -0.15) is 0 Å². The highest BCUT2D eigenvalue weighted by atomic mass is 16.5.